The first-order valence-corrected chi connectivity index (χ1v) is 2.02. The first-order valence-electron chi connectivity index (χ1n) is 2.02. The molecular formula is C4H8BN. The van der Waals surface area contributed by atoms with E-state index in [2.05, 4.69) is 4.99 Å². The Morgan fingerprint density at radius 2 is 2.33 bits per heavy atom. The fourth-order valence-corrected chi connectivity index (χ4v) is 0.158. The van der Waals surface area contributed by atoms with Crippen LogP contribution < -0.4 is 0 Å². The zero-order chi connectivity index (χ0) is 4.99. The molecule has 1 nitrogen and oxygen atoms in total. The number of nitrogens with zero attached hydrogens (tertiary/aromatic N) is 1. The molecule has 0 aliphatic heterocycles. The van der Waals surface area contributed by atoms with Crippen LogP contribution >= 0.6 is 0 Å². The molecule has 0 heterocycles. The summed E-state index contributed by atoms with van der Waals surface area (Å²) in [5.41, 5.74) is 0.718. The molecule has 0 spiro atoms. The number of aliphatic imine (C=N–C) groups is 1. The standard InChI is InChI=1S/C4H8BN/c1-3-4(5)6-2/h3H2,1-2H3. The lowest BCUT2D eigenvalue weighted by molar-refractivity contribution is 1.28. The van der Waals surface area contributed by atoms with Crippen LogP contribution in [0.4, 0.5) is 0 Å². The minimum Gasteiger partial charge on any atom is -0.309 e. The van der Waals surface area contributed by atoms with E-state index in [1.54, 1.807) is 7.05 Å². The maximum absolute atomic E-state index is 5.22. The smallest absolute Gasteiger partial charge is 0.134 e. The van der Waals surface area contributed by atoms with Crippen LogP contribution in [0, 0.1) is 0 Å². The number of hydrogen-bond donors (Lipinski definition) is 0. The molecule has 0 rings (SSSR count). The third-order valence-electron chi connectivity index (χ3n) is 0.649. The van der Waals surface area contributed by atoms with Gasteiger partial charge in [-0.25, -0.2) is 0 Å². The van der Waals surface area contributed by atoms with E-state index in [4.69, 9.17) is 7.85 Å². The van der Waals surface area contributed by atoms with Crippen LogP contribution in [0.5, 0.6) is 0 Å². The molecule has 0 aliphatic rings. The van der Waals surface area contributed by atoms with Gasteiger partial charge in [0.2, 0.25) is 0 Å². The van der Waals surface area contributed by atoms with Crippen molar-refractivity contribution in [2.24, 2.45) is 4.99 Å². The molecule has 0 bridgehead atoms. The van der Waals surface area contributed by atoms with Gasteiger partial charge in [-0.2, -0.15) is 0 Å². The van der Waals surface area contributed by atoms with Gasteiger partial charge in [-0.05, 0) is 12.0 Å². The van der Waals surface area contributed by atoms with Crippen LogP contribution in [0.3, 0.4) is 0 Å². The summed E-state index contributed by atoms with van der Waals surface area (Å²) in [5.74, 6) is 0. The average molecular weight is 80.9 g/mol. The van der Waals surface area contributed by atoms with Crippen molar-refractivity contribution in [3.05, 3.63) is 0 Å². The van der Waals surface area contributed by atoms with Crippen molar-refractivity contribution < 1.29 is 0 Å². The predicted octanol–water partition coefficient (Wildman–Crippen LogP) is 0.593. The highest BCUT2D eigenvalue weighted by atomic mass is 14.6. The van der Waals surface area contributed by atoms with E-state index in [0.717, 1.165) is 12.0 Å². The lowest BCUT2D eigenvalue weighted by atomic mass is 9.99. The summed E-state index contributed by atoms with van der Waals surface area (Å²) < 4.78 is 0. The molecule has 2 heteroatoms. The Hall–Kier alpha value is -0.265. The van der Waals surface area contributed by atoms with Crippen LogP contribution in [0.2, 0.25) is 0 Å². The van der Waals surface area contributed by atoms with Gasteiger partial charge in [0.15, 0.2) is 0 Å². The molecule has 0 saturated carbocycles. The van der Waals surface area contributed by atoms with E-state index < -0.39 is 0 Å². The first-order chi connectivity index (χ1) is 2.81. The molecule has 0 aromatic rings. The van der Waals surface area contributed by atoms with Crippen molar-refractivity contribution in [2.45, 2.75) is 13.3 Å². The zero-order valence-corrected chi connectivity index (χ0v) is 4.23. The molecule has 0 saturated heterocycles. The Labute approximate surface area is 39.9 Å². The molecule has 6 heavy (non-hydrogen) atoms. The fraction of sp³-hybridized carbons (Fsp3) is 0.750. The predicted molar refractivity (Wildman–Crippen MR) is 29.4 cm³/mol. The molecule has 0 atom stereocenters. The highest BCUT2D eigenvalue weighted by molar-refractivity contribution is 6.59. The molecular weight excluding hydrogens is 72.9 g/mol. The molecule has 2 radical (unpaired) electrons. The van der Waals surface area contributed by atoms with Crippen molar-refractivity contribution >= 4 is 13.5 Å². The van der Waals surface area contributed by atoms with Crippen molar-refractivity contribution in [1.29, 1.82) is 0 Å². The van der Waals surface area contributed by atoms with Gasteiger partial charge in [-0.15, -0.1) is 0 Å². The fourth-order valence-electron chi connectivity index (χ4n) is 0.158. The van der Waals surface area contributed by atoms with E-state index in [1.807, 2.05) is 6.92 Å². The molecule has 0 aromatic carbocycles. The van der Waals surface area contributed by atoms with Crippen molar-refractivity contribution in [2.75, 3.05) is 7.05 Å². The Kier molecular flexibility index (Phi) is 2.82. The van der Waals surface area contributed by atoms with Crippen molar-refractivity contribution in [3.8, 4) is 0 Å². The van der Waals surface area contributed by atoms with Gasteiger partial charge in [0, 0.05) is 7.05 Å². The van der Waals surface area contributed by atoms with Gasteiger partial charge in [-0.1, -0.05) is 6.92 Å². The molecule has 0 aliphatic carbocycles. The second-order valence-corrected chi connectivity index (χ2v) is 1.07. The summed E-state index contributed by atoms with van der Waals surface area (Å²) in [6.45, 7) is 1.97. The summed E-state index contributed by atoms with van der Waals surface area (Å²) in [6, 6.07) is 0. The summed E-state index contributed by atoms with van der Waals surface area (Å²) in [6.07, 6.45) is 0.858. The topological polar surface area (TPSA) is 12.4 Å². The molecule has 32 valence electrons. The zero-order valence-electron chi connectivity index (χ0n) is 4.23. The SMILES string of the molecule is [B]C(CC)=NC. The molecule has 0 aromatic heterocycles. The van der Waals surface area contributed by atoms with Gasteiger partial charge in [0.25, 0.3) is 0 Å². The lowest BCUT2D eigenvalue weighted by Gasteiger charge is -1.84. The second kappa shape index (κ2) is 2.95. The normalized spacial score (nSPS) is 12.0. The van der Waals surface area contributed by atoms with Crippen LogP contribution in [0.15, 0.2) is 4.99 Å². The summed E-state index contributed by atoms with van der Waals surface area (Å²) in [7, 11) is 6.92. The average Bonchev–Trinajstić information content (AvgIpc) is 1.65. The molecule has 0 amide bonds. The van der Waals surface area contributed by atoms with Crippen LogP contribution in [0.1, 0.15) is 13.3 Å². The molecule has 0 unspecified atom stereocenters. The van der Waals surface area contributed by atoms with Crippen LogP contribution in [-0.2, 0) is 0 Å². The third-order valence-corrected chi connectivity index (χ3v) is 0.649. The monoisotopic (exact) mass is 81.1 g/mol. The van der Waals surface area contributed by atoms with Crippen LogP contribution in [0.25, 0.3) is 0 Å². The van der Waals surface area contributed by atoms with Crippen molar-refractivity contribution in [1.82, 2.24) is 0 Å². The number of hydrogen-bond acceptors (Lipinski definition) is 1. The lowest BCUT2D eigenvalue weighted by Crippen LogP contribution is -1.91. The third kappa shape index (κ3) is 2.00. The molecule has 0 N–H and O–H groups in total. The molecule has 0 fully saturated rings. The highest BCUT2D eigenvalue weighted by Crippen LogP contribution is 1.73. The minimum atomic E-state index is 0.718. The quantitative estimate of drug-likeness (QED) is 0.323. The second-order valence-electron chi connectivity index (χ2n) is 1.07. The Bertz CT molecular complexity index is 58.6. The first kappa shape index (κ1) is 5.73. The summed E-state index contributed by atoms with van der Waals surface area (Å²) >= 11 is 0. The van der Waals surface area contributed by atoms with Gasteiger partial charge in [0.1, 0.15) is 7.85 Å². The minimum absolute atomic E-state index is 0.718. The maximum Gasteiger partial charge on any atom is 0.134 e. The Balaban J connectivity index is 3.22. The highest BCUT2D eigenvalue weighted by Gasteiger charge is 1.75. The van der Waals surface area contributed by atoms with E-state index in [-0.39, 0.29) is 0 Å². The van der Waals surface area contributed by atoms with E-state index >= 15 is 0 Å². The summed E-state index contributed by atoms with van der Waals surface area (Å²) in [4.78, 5) is 3.70. The van der Waals surface area contributed by atoms with Gasteiger partial charge >= 0.3 is 0 Å². The number of rotatable bonds is 1. The van der Waals surface area contributed by atoms with E-state index in [1.165, 1.54) is 0 Å². The van der Waals surface area contributed by atoms with Gasteiger partial charge in [0.05, 0.1) is 0 Å². The summed E-state index contributed by atoms with van der Waals surface area (Å²) in [5, 5.41) is 0. The van der Waals surface area contributed by atoms with E-state index in [0.29, 0.717) is 0 Å². The largest absolute Gasteiger partial charge is 0.309 e. The Morgan fingerprint density at radius 1 is 1.83 bits per heavy atom. The maximum atomic E-state index is 5.22. The van der Waals surface area contributed by atoms with E-state index in [9.17, 15) is 0 Å². The van der Waals surface area contributed by atoms with Gasteiger partial charge < -0.3 is 4.99 Å². The Morgan fingerprint density at radius 3 is 2.33 bits per heavy atom. The van der Waals surface area contributed by atoms with Crippen molar-refractivity contribution in [3.63, 3.8) is 0 Å². The van der Waals surface area contributed by atoms with Crippen LogP contribution in [-0.4, -0.2) is 20.5 Å². The van der Waals surface area contributed by atoms with Gasteiger partial charge in [-0.3, -0.25) is 0 Å².